The van der Waals surface area contributed by atoms with Gasteiger partial charge in [-0.1, -0.05) is 11.6 Å². The van der Waals surface area contributed by atoms with Crippen molar-refractivity contribution in [3.63, 3.8) is 0 Å². The predicted octanol–water partition coefficient (Wildman–Crippen LogP) is 3.41. The van der Waals surface area contributed by atoms with E-state index in [4.69, 9.17) is 22.1 Å². The predicted molar refractivity (Wildman–Crippen MR) is 94.0 cm³/mol. The molecule has 24 heavy (non-hydrogen) atoms. The molecule has 122 valence electrons. The van der Waals surface area contributed by atoms with Gasteiger partial charge in [-0.25, -0.2) is 0 Å². The molecule has 0 saturated carbocycles. The number of pyridine rings is 1. The van der Waals surface area contributed by atoms with Gasteiger partial charge in [0, 0.05) is 11.8 Å². The standard InChI is InChI=1S/C18H16ClN3O2/c1-10-16(22-9-12(21)7-14(19)17(22)23)13-6-11(8-20)4-5-15(13)24-18(10,2)3/h4-7,9H,21H2,1-3H3. The first kappa shape index (κ1) is 16.2. The number of anilines is 1. The van der Waals surface area contributed by atoms with Crippen LogP contribution in [0, 0.1) is 11.3 Å². The van der Waals surface area contributed by atoms with Gasteiger partial charge in [0.15, 0.2) is 0 Å². The third kappa shape index (κ3) is 2.45. The molecule has 0 bridgehead atoms. The van der Waals surface area contributed by atoms with Crippen LogP contribution in [0.25, 0.3) is 5.70 Å². The quantitative estimate of drug-likeness (QED) is 0.861. The van der Waals surface area contributed by atoms with Crippen molar-refractivity contribution >= 4 is 23.0 Å². The highest BCUT2D eigenvalue weighted by molar-refractivity contribution is 6.30. The first-order valence-electron chi connectivity index (χ1n) is 7.37. The molecule has 0 radical (unpaired) electrons. The molecule has 0 amide bonds. The Hall–Kier alpha value is -2.71. The normalized spacial score (nSPS) is 15.5. The molecule has 6 heteroatoms. The first-order chi connectivity index (χ1) is 11.2. The molecule has 2 N–H and O–H groups in total. The Labute approximate surface area is 144 Å². The Morgan fingerprint density at radius 3 is 2.71 bits per heavy atom. The van der Waals surface area contributed by atoms with Crippen LogP contribution >= 0.6 is 11.6 Å². The molecule has 0 spiro atoms. The number of hydrogen-bond donors (Lipinski definition) is 1. The third-order valence-electron chi connectivity index (χ3n) is 4.22. The lowest BCUT2D eigenvalue weighted by Crippen LogP contribution is -2.36. The van der Waals surface area contributed by atoms with Gasteiger partial charge in [0.1, 0.15) is 16.4 Å². The summed E-state index contributed by atoms with van der Waals surface area (Å²) in [5, 5.41) is 9.23. The van der Waals surface area contributed by atoms with Gasteiger partial charge < -0.3 is 10.5 Å². The summed E-state index contributed by atoms with van der Waals surface area (Å²) in [5.74, 6) is 0.602. The highest BCUT2D eigenvalue weighted by atomic mass is 35.5. The first-order valence-corrected chi connectivity index (χ1v) is 7.75. The maximum Gasteiger partial charge on any atom is 0.274 e. The van der Waals surface area contributed by atoms with Crippen molar-refractivity contribution in [2.75, 3.05) is 5.73 Å². The fraction of sp³-hybridized carbons (Fsp3) is 0.222. The zero-order chi connectivity index (χ0) is 17.6. The van der Waals surface area contributed by atoms with Gasteiger partial charge in [0.2, 0.25) is 0 Å². The molecule has 0 unspecified atom stereocenters. The van der Waals surface area contributed by atoms with E-state index in [-0.39, 0.29) is 10.6 Å². The molecular weight excluding hydrogens is 326 g/mol. The van der Waals surface area contributed by atoms with Crippen LogP contribution in [0.1, 0.15) is 31.9 Å². The number of halogens is 1. The molecule has 0 fully saturated rings. The topological polar surface area (TPSA) is 81.0 Å². The Kier molecular flexibility index (Phi) is 3.66. The van der Waals surface area contributed by atoms with Crippen LogP contribution in [0.5, 0.6) is 5.75 Å². The van der Waals surface area contributed by atoms with E-state index in [9.17, 15) is 10.1 Å². The van der Waals surface area contributed by atoms with Gasteiger partial charge in [-0.2, -0.15) is 5.26 Å². The average Bonchev–Trinajstić information content (AvgIpc) is 2.52. The maximum atomic E-state index is 12.6. The molecule has 1 aliphatic heterocycles. The molecule has 5 nitrogen and oxygen atoms in total. The molecule has 0 aliphatic carbocycles. The number of nitriles is 1. The minimum absolute atomic E-state index is 0.0394. The minimum Gasteiger partial charge on any atom is -0.483 e. The van der Waals surface area contributed by atoms with E-state index < -0.39 is 5.60 Å². The van der Waals surface area contributed by atoms with Crippen LogP contribution in [-0.2, 0) is 0 Å². The van der Waals surface area contributed by atoms with Crippen LogP contribution in [0.4, 0.5) is 5.69 Å². The zero-order valence-corrected chi connectivity index (χ0v) is 14.3. The Morgan fingerprint density at radius 1 is 1.33 bits per heavy atom. The molecule has 3 rings (SSSR count). The van der Waals surface area contributed by atoms with E-state index in [1.165, 1.54) is 16.8 Å². The lowest BCUT2D eigenvalue weighted by atomic mass is 9.90. The zero-order valence-electron chi connectivity index (χ0n) is 13.6. The number of benzene rings is 1. The van der Waals surface area contributed by atoms with Gasteiger partial charge in [-0.15, -0.1) is 0 Å². The summed E-state index contributed by atoms with van der Waals surface area (Å²) in [4.78, 5) is 12.6. The van der Waals surface area contributed by atoms with E-state index >= 15 is 0 Å². The summed E-state index contributed by atoms with van der Waals surface area (Å²) in [7, 11) is 0. The highest BCUT2D eigenvalue weighted by Gasteiger charge is 2.34. The number of ether oxygens (including phenoxy) is 1. The number of rotatable bonds is 1. The number of hydrogen-bond acceptors (Lipinski definition) is 4. The molecule has 1 aliphatic rings. The van der Waals surface area contributed by atoms with Crippen molar-refractivity contribution in [1.82, 2.24) is 4.57 Å². The number of aromatic nitrogens is 1. The smallest absolute Gasteiger partial charge is 0.274 e. The van der Waals surface area contributed by atoms with E-state index in [1.54, 1.807) is 18.2 Å². The molecule has 1 aromatic carbocycles. The molecule has 2 heterocycles. The van der Waals surface area contributed by atoms with Crippen molar-refractivity contribution in [1.29, 1.82) is 5.26 Å². The van der Waals surface area contributed by atoms with Crippen molar-refractivity contribution in [2.45, 2.75) is 26.4 Å². The highest BCUT2D eigenvalue weighted by Crippen LogP contribution is 2.41. The summed E-state index contributed by atoms with van der Waals surface area (Å²) in [5.41, 5.74) is 7.88. The van der Waals surface area contributed by atoms with E-state index in [0.717, 1.165) is 5.57 Å². The maximum absolute atomic E-state index is 12.6. The summed E-state index contributed by atoms with van der Waals surface area (Å²) in [6.07, 6.45) is 1.54. The number of nitrogens with two attached hydrogens (primary N) is 1. The fourth-order valence-corrected chi connectivity index (χ4v) is 2.97. The van der Waals surface area contributed by atoms with Gasteiger partial charge >= 0.3 is 0 Å². The SMILES string of the molecule is CC1=C(n2cc(N)cc(Cl)c2=O)c2cc(C#N)ccc2OC1(C)C. The number of fused-ring (bicyclic) bond motifs is 1. The third-order valence-corrected chi connectivity index (χ3v) is 4.49. The van der Waals surface area contributed by atoms with Crippen LogP contribution in [-0.4, -0.2) is 10.2 Å². The van der Waals surface area contributed by atoms with Crippen molar-refractivity contribution < 1.29 is 4.74 Å². The lowest BCUT2D eigenvalue weighted by Gasteiger charge is -2.36. The largest absolute Gasteiger partial charge is 0.483 e. The second-order valence-electron chi connectivity index (χ2n) is 6.21. The van der Waals surface area contributed by atoms with Gasteiger partial charge in [0.05, 0.1) is 23.0 Å². The van der Waals surface area contributed by atoms with E-state index in [2.05, 4.69) is 6.07 Å². The van der Waals surface area contributed by atoms with Crippen molar-refractivity contribution in [3.8, 4) is 11.8 Å². The number of nitrogens with zero attached hydrogens (tertiary/aromatic N) is 2. The van der Waals surface area contributed by atoms with Crippen LogP contribution < -0.4 is 16.0 Å². The molecule has 2 aromatic rings. The second kappa shape index (κ2) is 5.43. The monoisotopic (exact) mass is 341 g/mol. The van der Waals surface area contributed by atoms with E-state index in [0.29, 0.717) is 28.3 Å². The van der Waals surface area contributed by atoms with Crippen molar-refractivity contribution in [2.24, 2.45) is 0 Å². The summed E-state index contributed by atoms with van der Waals surface area (Å²) < 4.78 is 7.46. The Balaban J connectivity index is 2.41. The van der Waals surface area contributed by atoms with Crippen LogP contribution in [0.3, 0.4) is 0 Å². The second-order valence-corrected chi connectivity index (χ2v) is 6.61. The summed E-state index contributed by atoms with van der Waals surface area (Å²) in [6.45, 7) is 5.73. The molecule has 1 aromatic heterocycles. The minimum atomic E-state index is -0.618. The summed E-state index contributed by atoms with van der Waals surface area (Å²) >= 11 is 6.02. The van der Waals surface area contributed by atoms with Crippen LogP contribution in [0.15, 0.2) is 40.8 Å². The average molecular weight is 342 g/mol. The molecule has 0 saturated heterocycles. The Morgan fingerprint density at radius 2 is 2.04 bits per heavy atom. The molecular formula is C18H16ClN3O2. The molecule has 0 atom stereocenters. The van der Waals surface area contributed by atoms with Gasteiger partial charge in [-0.3, -0.25) is 9.36 Å². The van der Waals surface area contributed by atoms with Crippen molar-refractivity contribution in [3.05, 3.63) is 62.5 Å². The summed E-state index contributed by atoms with van der Waals surface area (Å²) in [6, 6.07) is 8.65. The van der Waals surface area contributed by atoms with Gasteiger partial charge in [0.25, 0.3) is 5.56 Å². The van der Waals surface area contributed by atoms with Gasteiger partial charge in [-0.05, 0) is 50.6 Å². The van der Waals surface area contributed by atoms with E-state index in [1.807, 2.05) is 20.8 Å². The number of nitrogen functional groups attached to an aromatic ring is 1. The fourth-order valence-electron chi connectivity index (χ4n) is 2.76. The van der Waals surface area contributed by atoms with Crippen LogP contribution in [0.2, 0.25) is 5.02 Å². The Bertz CT molecular complexity index is 981. The lowest BCUT2D eigenvalue weighted by molar-refractivity contribution is 0.143.